The van der Waals surface area contributed by atoms with E-state index in [2.05, 4.69) is 23.1 Å². The van der Waals surface area contributed by atoms with Gasteiger partial charge in [-0.2, -0.15) is 0 Å². The summed E-state index contributed by atoms with van der Waals surface area (Å²) < 4.78 is 0. The Balaban J connectivity index is 2.75. The number of aromatic nitrogens is 1. The number of anilines is 2. The third kappa shape index (κ3) is 3.17. The molecule has 80 valence electrons. The molecule has 1 unspecified atom stereocenters. The van der Waals surface area contributed by atoms with Gasteiger partial charge < -0.3 is 11.1 Å². The van der Waals surface area contributed by atoms with Crippen LogP contribution in [0.2, 0.25) is 0 Å². The average molecular weight is 203 g/mol. The summed E-state index contributed by atoms with van der Waals surface area (Å²) in [4.78, 5) is 4.24. The van der Waals surface area contributed by atoms with Crippen LogP contribution in [0.3, 0.4) is 0 Å². The van der Waals surface area contributed by atoms with Crippen molar-refractivity contribution in [1.29, 1.82) is 0 Å². The second kappa shape index (κ2) is 5.26. The smallest absolute Gasteiger partial charge is 0.149 e. The van der Waals surface area contributed by atoms with Crippen LogP contribution in [0.4, 0.5) is 11.5 Å². The molecule has 0 spiro atoms. The molecule has 0 aliphatic heterocycles. The van der Waals surface area contributed by atoms with Crippen molar-refractivity contribution in [1.82, 2.24) is 4.98 Å². The lowest BCUT2D eigenvalue weighted by atomic mass is 10.1. The van der Waals surface area contributed by atoms with E-state index in [1.54, 1.807) is 6.20 Å². The van der Waals surface area contributed by atoms with Gasteiger partial charge >= 0.3 is 0 Å². The van der Waals surface area contributed by atoms with Gasteiger partial charge in [0.15, 0.2) is 0 Å². The highest BCUT2D eigenvalue weighted by atomic mass is 15.0. The second-order valence-corrected chi connectivity index (χ2v) is 3.61. The van der Waals surface area contributed by atoms with E-state index in [1.165, 1.54) is 0 Å². The van der Waals surface area contributed by atoms with Crippen molar-refractivity contribution >= 4 is 11.5 Å². The van der Waals surface area contributed by atoms with E-state index in [0.29, 0.717) is 12.1 Å². The van der Waals surface area contributed by atoms with Crippen molar-refractivity contribution in [2.24, 2.45) is 0 Å². The lowest BCUT2D eigenvalue weighted by Gasteiger charge is -2.16. The van der Waals surface area contributed by atoms with Gasteiger partial charge in [0, 0.05) is 18.7 Å². The first kappa shape index (κ1) is 11.4. The minimum absolute atomic E-state index is 0.243. The van der Waals surface area contributed by atoms with Crippen LogP contribution in [0.15, 0.2) is 12.3 Å². The number of nitrogens with one attached hydrogen (secondary N) is 1. The Morgan fingerprint density at radius 1 is 1.67 bits per heavy atom. The van der Waals surface area contributed by atoms with Gasteiger partial charge in [-0.25, -0.2) is 4.98 Å². The SMILES string of the molecule is C#CCC(CC)Nc1ncc(C)cc1N. The van der Waals surface area contributed by atoms with Crippen LogP contribution in [0.5, 0.6) is 0 Å². The zero-order valence-corrected chi connectivity index (χ0v) is 9.25. The molecule has 15 heavy (non-hydrogen) atoms. The Bertz CT molecular complexity index is 366. The second-order valence-electron chi connectivity index (χ2n) is 3.61. The third-order valence-corrected chi connectivity index (χ3v) is 2.25. The first-order valence-corrected chi connectivity index (χ1v) is 5.09. The molecule has 3 heteroatoms. The summed E-state index contributed by atoms with van der Waals surface area (Å²) in [5.41, 5.74) is 7.57. The van der Waals surface area contributed by atoms with Crippen molar-refractivity contribution < 1.29 is 0 Å². The maximum absolute atomic E-state index is 5.84. The van der Waals surface area contributed by atoms with Crippen molar-refractivity contribution in [2.45, 2.75) is 32.7 Å². The van der Waals surface area contributed by atoms with E-state index in [9.17, 15) is 0 Å². The van der Waals surface area contributed by atoms with Gasteiger partial charge in [0.1, 0.15) is 5.82 Å². The zero-order valence-electron chi connectivity index (χ0n) is 9.25. The van der Waals surface area contributed by atoms with Crippen LogP contribution >= 0.6 is 0 Å². The number of aryl methyl sites for hydroxylation is 1. The van der Waals surface area contributed by atoms with Gasteiger partial charge in [0.2, 0.25) is 0 Å². The third-order valence-electron chi connectivity index (χ3n) is 2.25. The summed E-state index contributed by atoms with van der Waals surface area (Å²) in [7, 11) is 0. The summed E-state index contributed by atoms with van der Waals surface area (Å²) in [6.45, 7) is 4.05. The molecule has 0 aliphatic carbocycles. The summed E-state index contributed by atoms with van der Waals surface area (Å²) >= 11 is 0. The average Bonchev–Trinajstić information content (AvgIpc) is 2.21. The standard InChI is InChI=1S/C12H17N3/c1-4-6-10(5-2)15-12-11(13)7-9(3)8-14-12/h1,7-8,10H,5-6,13H2,2-3H3,(H,14,15). The minimum atomic E-state index is 0.243. The highest BCUT2D eigenvalue weighted by Crippen LogP contribution is 2.18. The van der Waals surface area contributed by atoms with E-state index in [1.807, 2.05) is 13.0 Å². The van der Waals surface area contributed by atoms with Gasteiger partial charge in [-0.3, -0.25) is 0 Å². The zero-order chi connectivity index (χ0) is 11.3. The highest BCUT2D eigenvalue weighted by Gasteiger charge is 2.07. The molecule has 1 aromatic heterocycles. The number of terminal acetylenes is 1. The van der Waals surface area contributed by atoms with Crippen molar-refractivity contribution in [3.63, 3.8) is 0 Å². The fourth-order valence-electron chi connectivity index (χ4n) is 1.35. The maximum Gasteiger partial charge on any atom is 0.149 e. The first-order valence-electron chi connectivity index (χ1n) is 5.09. The summed E-state index contributed by atoms with van der Waals surface area (Å²) in [6, 6.07) is 2.14. The number of nitrogen functional groups attached to an aromatic ring is 1. The van der Waals surface area contributed by atoms with Gasteiger partial charge in [0.25, 0.3) is 0 Å². The predicted octanol–water partition coefficient (Wildman–Crippen LogP) is 2.19. The quantitative estimate of drug-likeness (QED) is 0.737. The van der Waals surface area contributed by atoms with E-state index in [4.69, 9.17) is 12.2 Å². The first-order chi connectivity index (χ1) is 7.17. The molecule has 3 nitrogen and oxygen atoms in total. The number of pyridine rings is 1. The summed E-state index contributed by atoms with van der Waals surface area (Å²) in [5.74, 6) is 3.36. The fourth-order valence-corrected chi connectivity index (χ4v) is 1.35. The van der Waals surface area contributed by atoms with E-state index < -0.39 is 0 Å². The van der Waals surface area contributed by atoms with Crippen molar-refractivity contribution in [3.05, 3.63) is 17.8 Å². The minimum Gasteiger partial charge on any atom is -0.396 e. The Labute approximate surface area is 91.1 Å². The predicted molar refractivity (Wildman–Crippen MR) is 64.5 cm³/mol. The number of hydrogen-bond acceptors (Lipinski definition) is 3. The number of nitrogens with two attached hydrogens (primary N) is 1. The number of nitrogens with zero attached hydrogens (tertiary/aromatic N) is 1. The molecular formula is C12H17N3. The maximum atomic E-state index is 5.84. The van der Waals surface area contributed by atoms with Crippen LogP contribution in [-0.4, -0.2) is 11.0 Å². The van der Waals surface area contributed by atoms with E-state index >= 15 is 0 Å². The molecule has 1 heterocycles. The topological polar surface area (TPSA) is 50.9 Å². The van der Waals surface area contributed by atoms with E-state index in [-0.39, 0.29) is 6.04 Å². The lowest BCUT2D eigenvalue weighted by molar-refractivity contribution is 0.712. The van der Waals surface area contributed by atoms with Crippen molar-refractivity contribution in [2.75, 3.05) is 11.1 Å². The van der Waals surface area contributed by atoms with Gasteiger partial charge in [0.05, 0.1) is 5.69 Å². The molecule has 0 radical (unpaired) electrons. The summed E-state index contributed by atoms with van der Waals surface area (Å²) in [6.07, 6.45) is 8.72. The number of rotatable bonds is 4. The lowest BCUT2D eigenvalue weighted by Crippen LogP contribution is -2.19. The van der Waals surface area contributed by atoms with Crippen LogP contribution in [0.1, 0.15) is 25.3 Å². The molecule has 1 aromatic rings. The fraction of sp³-hybridized carbons (Fsp3) is 0.417. The van der Waals surface area contributed by atoms with Crippen LogP contribution in [-0.2, 0) is 0 Å². The van der Waals surface area contributed by atoms with Gasteiger partial charge in [-0.05, 0) is 25.0 Å². The van der Waals surface area contributed by atoms with E-state index in [0.717, 1.165) is 17.8 Å². The molecule has 1 rings (SSSR count). The van der Waals surface area contributed by atoms with Crippen molar-refractivity contribution in [3.8, 4) is 12.3 Å². The monoisotopic (exact) mass is 203 g/mol. The van der Waals surface area contributed by atoms with Gasteiger partial charge in [-0.1, -0.05) is 6.92 Å². The molecular weight excluding hydrogens is 186 g/mol. The van der Waals surface area contributed by atoms with Gasteiger partial charge in [-0.15, -0.1) is 12.3 Å². The molecule has 3 N–H and O–H groups in total. The Morgan fingerprint density at radius 2 is 2.40 bits per heavy atom. The molecule has 0 aromatic carbocycles. The molecule has 0 aliphatic rings. The molecule has 0 saturated heterocycles. The normalized spacial score (nSPS) is 11.8. The Kier molecular flexibility index (Phi) is 3.99. The van der Waals surface area contributed by atoms with Crippen LogP contribution in [0.25, 0.3) is 0 Å². The molecule has 1 atom stereocenters. The Morgan fingerprint density at radius 3 is 2.93 bits per heavy atom. The van der Waals surface area contributed by atoms with Crippen LogP contribution in [0, 0.1) is 19.3 Å². The number of hydrogen-bond donors (Lipinski definition) is 2. The molecule has 0 bridgehead atoms. The van der Waals surface area contributed by atoms with Crippen LogP contribution < -0.4 is 11.1 Å². The molecule has 0 amide bonds. The summed E-state index contributed by atoms with van der Waals surface area (Å²) in [5, 5.41) is 3.25. The molecule has 0 fully saturated rings. The largest absolute Gasteiger partial charge is 0.396 e. The molecule has 0 saturated carbocycles. The highest BCUT2D eigenvalue weighted by molar-refractivity contribution is 5.62. The Hall–Kier alpha value is -1.69.